The molecule has 4 rings (SSSR count). The molecule has 138 valence electrons. The number of amides is 1. The maximum absolute atomic E-state index is 12.6. The van der Waals surface area contributed by atoms with E-state index in [0.29, 0.717) is 46.2 Å². The minimum Gasteiger partial charge on any atom is -0.496 e. The molecule has 0 atom stereocenters. The van der Waals surface area contributed by atoms with Crippen LogP contribution in [-0.4, -0.2) is 41.1 Å². The Morgan fingerprint density at radius 3 is 2.78 bits per heavy atom. The van der Waals surface area contributed by atoms with E-state index in [1.165, 1.54) is 0 Å². The van der Waals surface area contributed by atoms with Crippen LogP contribution in [0.4, 0.5) is 0 Å². The van der Waals surface area contributed by atoms with E-state index in [-0.39, 0.29) is 11.8 Å². The third kappa shape index (κ3) is 3.38. The highest BCUT2D eigenvalue weighted by Crippen LogP contribution is 2.32. The summed E-state index contributed by atoms with van der Waals surface area (Å²) in [5.41, 5.74) is 1.15. The van der Waals surface area contributed by atoms with Gasteiger partial charge in [0.2, 0.25) is 11.7 Å². The van der Waals surface area contributed by atoms with E-state index in [0.717, 1.165) is 5.56 Å². The molecule has 8 heteroatoms. The molecule has 27 heavy (non-hydrogen) atoms. The van der Waals surface area contributed by atoms with Gasteiger partial charge < -0.3 is 14.2 Å². The van der Waals surface area contributed by atoms with Crippen molar-refractivity contribution in [1.82, 2.24) is 15.0 Å². The number of carbonyl (C=O) groups is 1. The number of ether oxygens (including phenoxy) is 1. The molecule has 0 aliphatic carbocycles. The Bertz CT molecular complexity index is 999. The Hall–Kier alpha value is -2.57. The van der Waals surface area contributed by atoms with Gasteiger partial charge in [-0.3, -0.25) is 4.79 Å². The van der Waals surface area contributed by atoms with Crippen molar-refractivity contribution in [2.45, 2.75) is 5.92 Å². The fourth-order valence-corrected chi connectivity index (χ4v) is 3.34. The SMILES string of the molecule is COc1ccccc1-c1noc(C2CN(C(=O)c3cc(Cl)ccc3Cl)C2)n1. The molecule has 0 saturated carbocycles. The van der Waals surface area contributed by atoms with Crippen LogP contribution in [0.25, 0.3) is 11.4 Å². The normalized spacial score (nSPS) is 14.1. The largest absolute Gasteiger partial charge is 0.496 e. The molecule has 1 aromatic heterocycles. The summed E-state index contributed by atoms with van der Waals surface area (Å²) in [4.78, 5) is 18.7. The van der Waals surface area contributed by atoms with E-state index in [4.69, 9.17) is 32.5 Å². The van der Waals surface area contributed by atoms with Crippen LogP contribution in [0.15, 0.2) is 47.0 Å². The summed E-state index contributed by atoms with van der Waals surface area (Å²) in [6.45, 7) is 0.963. The third-order valence-corrected chi connectivity index (χ3v) is 5.03. The highest BCUT2D eigenvalue weighted by molar-refractivity contribution is 6.35. The summed E-state index contributed by atoms with van der Waals surface area (Å²) < 4.78 is 10.7. The zero-order valence-electron chi connectivity index (χ0n) is 14.4. The number of methoxy groups -OCH3 is 1. The Morgan fingerprint density at radius 2 is 2.00 bits per heavy atom. The number of para-hydroxylation sites is 1. The van der Waals surface area contributed by atoms with E-state index in [1.54, 1.807) is 30.2 Å². The van der Waals surface area contributed by atoms with Gasteiger partial charge in [0.05, 0.1) is 29.2 Å². The van der Waals surface area contributed by atoms with Gasteiger partial charge >= 0.3 is 0 Å². The van der Waals surface area contributed by atoms with Crippen molar-refractivity contribution < 1.29 is 14.1 Å². The molecule has 3 aromatic rings. The van der Waals surface area contributed by atoms with Crippen LogP contribution in [0.2, 0.25) is 10.0 Å². The van der Waals surface area contributed by atoms with Crippen LogP contribution >= 0.6 is 23.2 Å². The highest BCUT2D eigenvalue weighted by Gasteiger charge is 2.36. The Morgan fingerprint density at radius 1 is 1.22 bits per heavy atom. The molecule has 1 fully saturated rings. The Kier molecular flexibility index (Phi) is 4.76. The minimum atomic E-state index is -0.164. The molecule has 2 heterocycles. The number of carbonyl (C=O) groups excluding carboxylic acids is 1. The first-order valence-electron chi connectivity index (χ1n) is 8.28. The lowest BCUT2D eigenvalue weighted by molar-refractivity contribution is 0.0569. The molecule has 0 radical (unpaired) electrons. The van der Waals surface area contributed by atoms with Crippen molar-refractivity contribution in [2.75, 3.05) is 20.2 Å². The summed E-state index contributed by atoms with van der Waals surface area (Å²) in [6.07, 6.45) is 0. The quantitative estimate of drug-likeness (QED) is 0.649. The number of halogens is 2. The van der Waals surface area contributed by atoms with E-state index in [9.17, 15) is 4.79 Å². The monoisotopic (exact) mass is 403 g/mol. The van der Waals surface area contributed by atoms with Crippen LogP contribution in [0.5, 0.6) is 5.75 Å². The lowest BCUT2D eigenvalue weighted by Crippen LogP contribution is -2.48. The fourth-order valence-electron chi connectivity index (χ4n) is 2.97. The number of rotatable bonds is 4. The second-order valence-electron chi connectivity index (χ2n) is 6.19. The zero-order chi connectivity index (χ0) is 19.0. The second-order valence-corrected chi connectivity index (χ2v) is 7.03. The molecular formula is C19H15Cl2N3O3. The average Bonchev–Trinajstić information content (AvgIpc) is 3.11. The van der Waals surface area contributed by atoms with Crippen molar-refractivity contribution in [2.24, 2.45) is 0 Å². The van der Waals surface area contributed by atoms with Gasteiger partial charge in [-0.15, -0.1) is 0 Å². The van der Waals surface area contributed by atoms with Crippen LogP contribution < -0.4 is 4.74 Å². The van der Waals surface area contributed by atoms with Gasteiger partial charge in [-0.05, 0) is 30.3 Å². The molecule has 1 saturated heterocycles. The van der Waals surface area contributed by atoms with Crippen molar-refractivity contribution >= 4 is 29.1 Å². The van der Waals surface area contributed by atoms with Crippen molar-refractivity contribution in [3.63, 3.8) is 0 Å². The lowest BCUT2D eigenvalue weighted by Gasteiger charge is -2.37. The van der Waals surface area contributed by atoms with Gasteiger partial charge in [0.1, 0.15) is 5.75 Å². The summed E-state index contributed by atoms with van der Waals surface area (Å²) in [6, 6.07) is 12.3. The van der Waals surface area contributed by atoms with E-state index in [2.05, 4.69) is 10.1 Å². The average molecular weight is 404 g/mol. The fraction of sp³-hybridized carbons (Fsp3) is 0.211. The number of hydrogen-bond donors (Lipinski definition) is 0. The lowest BCUT2D eigenvalue weighted by atomic mass is 9.98. The molecule has 0 unspecified atom stereocenters. The number of nitrogens with zero attached hydrogens (tertiary/aromatic N) is 3. The predicted octanol–water partition coefficient (Wildman–Crippen LogP) is 4.29. The van der Waals surface area contributed by atoms with Crippen LogP contribution in [0, 0.1) is 0 Å². The maximum Gasteiger partial charge on any atom is 0.255 e. The first-order chi connectivity index (χ1) is 13.1. The maximum atomic E-state index is 12.6. The first-order valence-corrected chi connectivity index (χ1v) is 9.03. The Balaban J connectivity index is 1.47. The highest BCUT2D eigenvalue weighted by atomic mass is 35.5. The van der Waals surface area contributed by atoms with Crippen molar-refractivity contribution in [3.05, 3.63) is 64.0 Å². The van der Waals surface area contributed by atoms with Gasteiger partial charge in [-0.25, -0.2) is 0 Å². The topological polar surface area (TPSA) is 68.5 Å². The van der Waals surface area contributed by atoms with Gasteiger partial charge in [0.25, 0.3) is 5.91 Å². The van der Waals surface area contributed by atoms with Gasteiger partial charge in [-0.1, -0.05) is 40.5 Å². The van der Waals surface area contributed by atoms with Gasteiger partial charge in [0, 0.05) is 18.1 Å². The van der Waals surface area contributed by atoms with Crippen LogP contribution in [0.1, 0.15) is 22.2 Å². The number of aromatic nitrogens is 2. The Labute approximate surface area is 165 Å². The van der Waals surface area contributed by atoms with E-state index >= 15 is 0 Å². The third-order valence-electron chi connectivity index (χ3n) is 4.47. The summed E-state index contributed by atoms with van der Waals surface area (Å²) >= 11 is 12.1. The molecule has 1 amide bonds. The predicted molar refractivity (Wildman–Crippen MR) is 101 cm³/mol. The number of hydrogen-bond acceptors (Lipinski definition) is 5. The smallest absolute Gasteiger partial charge is 0.255 e. The minimum absolute atomic E-state index is 0.0112. The molecular weight excluding hydrogens is 389 g/mol. The number of benzene rings is 2. The van der Waals surface area contributed by atoms with Crippen molar-refractivity contribution in [1.29, 1.82) is 0 Å². The molecule has 0 N–H and O–H groups in total. The molecule has 0 bridgehead atoms. The second kappa shape index (κ2) is 7.21. The number of likely N-dealkylation sites (tertiary alicyclic amines) is 1. The molecule has 1 aliphatic rings. The van der Waals surface area contributed by atoms with Gasteiger partial charge in [-0.2, -0.15) is 4.98 Å². The van der Waals surface area contributed by atoms with Crippen LogP contribution in [0.3, 0.4) is 0 Å². The van der Waals surface area contributed by atoms with E-state index < -0.39 is 0 Å². The van der Waals surface area contributed by atoms with Crippen LogP contribution in [-0.2, 0) is 0 Å². The molecule has 0 spiro atoms. The summed E-state index contributed by atoms with van der Waals surface area (Å²) in [7, 11) is 1.59. The van der Waals surface area contributed by atoms with Crippen molar-refractivity contribution in [3.8, 4) is 17.1 Å². The molecule has 6 nitrogen and oxygen atoms in total. The van der Waals surface area contributed by atoms with Gasteiger partial charge in [0.15, 0.2) is 0 Å². The summed E-state index contributed by atoms with van der Waals surface area (Å²) in [5, 5.41) is 4.89. The molecule has 1 aliphatic heterocycles. The summed E-state index contributed by atoms with van der Waals surface area (Å²) in [5.74, 6) is 1.46. The van der Waals surface area contributed by atoms with E-state index in [1.807, 2.05) is 24.3 Å². The standard InChI is InChI=1S/C19H15Cl2N3O3/c1-26-16-5-3-2-4-13(16)17-22-18(27-23-17)11-9-24(10-11)19(25)14-8-12(20)6-7-15(14)21/h2-8,11H,9-10H2,1H3. The zero-order valence-corrected chi connectivity index (χ0v) is 15.9. The molecule has 2 aromatic carbocycles. The first kappa shape index (κ1) is 17.8.